The van der Waals surface area contributed by atoms with Gasteiger partial charge in [0.25, 0.3) is 5.91 Å². The number of methoxy groups -OCH3 is 1. The molecule has 1 aromatic heterocycles. The summed E-state index contributed by atoms with van der Waals surface area (Å²) in [5, 5.41) is 0. The number of nitrogens with two attached hydrogens (primary N) is 1. The van der Waals surface area contributed by atoms with Gasteiger partial charge in [-0.05, 0) is 54.1 Å². The summed E-state index contributed by atoms with van der Waals surface area (Å²) in [6.07, 6.45) is 0. The number of benzene rings is 3. The summed E-state index contributed by atoms with van der Waals surface area (Å²) in [4.78, 5) is 19.6. The van der Waals surface area contributed by atoms with Crippen molar-refractivity contribution in [2.45, 2.75) is 6.61 Å². The van der Waals surface area contributed by atoms with Crippen LogP contribution in [0.5, 0.6) is 11.5 Å². The van der Waals surface area contributed by atoms with Crippen LogP contribution in [0.15, 0.2) is 65.1 Å². The first-order chi connectivity index (χ1) is 14.6. The number of nitrogens with zero attached hydrogens (tertiary/aromatic N) is 1. The molecule has 4 rings (SSSR count). The van der Waals surface area contributed by atoms with E-state index in [1.54, 1.807) is 25.3 Å². The third kappa shape index (κ3) is 4.14. The summed E-state index contributed by atoms with van der Waals surface area (Å²) in [5.74, 6) is 6.75. The van der Waals surface area contributed by atoms with E-state index in [1.807, 2.05) is 42.5 Å². The first kappa shape index (κ1) is 19.9. The number of aromatic amines is 1. The zero-order valence-electron chi connectivity index (χ0n) is 16.1. The fourth-order valence-electron chi connectivity index (χ4n) is 3.05. The molecule has 0 radical (unpaired) electrons. The van der Waals surface area contributed by atoms with E-state index in [2.05, 4.69) is 31.3 Å². The summed E-state index contributed by atoms with van der Waals surface area (Å²) < 4.78 is 12.5. The summed E-state index contributed by atoms with van der Waals surface area (Å²) in [5.41, 5.74) is 5.95. The minimum atomic E-state index is -0.359. The fourth-order valence-corrected chi connectivity index (χ4v) is 3.31. The molecule has 4 N–H and O–H groups in total. The van der Waals surface area contributed by atoms with Gasteiger partial charge in [-0.2, -0.15) is 0 Å². The molecule has 0 saturated carbocycles. The van der Waals surface area contributed by atoms with Gasteiger partial charge in [0.15, 0.2) is 11.5 Å². The molecule has 4 aromatic rings. The third-order valence-electron chi connectivity index (χ3n) is 4.62. The number of hydrogen-bond acceptors (Lipinski definition) is 5. The van der Waals surface area contributed by atoms with E-state index in [9.17, 15) is 4.79 Å². The van der Waals surface area contributed by atoms with Crippen molar-refractivity contribution in [3.63, 3.8) is 0 Å². The quantitative estimate of drug-likeness (QED) is 0.224. The molecule has 0 fully saturated rings. The molecule has 152 valence electrons. The predicted octanol–water partition coefficient (Wildman–Crippen LogP) is 4.18. The van der Waals surface area contributed by atoms with Gasteiger partial charge in [-0.15, -0.1) is 0 Å². The average Bonchev–Trinajstić information content (AvgIpc) is 3.21. The molecule has 0 atom stereocenters. The molecule has 1 heterocycles. The van der Waals surface area contributed by atoms with Crippen LogP contribution < -0.4 is 20.7 Å². The lowest BCUT2D eigenvalue weighted by atomic mass is 10.2. The van der Waals surface area contributed by atoms with Gasteiger partial charge < -0.3 is 14.5 Å². The Balaban J connectivity index is 1.58. The largest absolute Gasteiger partial charge is 0.493 e. The van der Waals surface area contributed by atoms with Crippen LogP contribution >= 0.6 is 15.9 Å². The number of halogens is 1. The molecule has 7 nitrogen and oxygen atoms in total. The lowest BCUT2D eigenvalue weighted by molar-refractivity contribution is 0.0954. The highest BCUT2D eigenvalue weighted by molar-refractivity contribution is 9.10. The van der Waals surface area contributed by atoms with Crippen LogP contribution in [0.3, 0.4) is 0 Å². The first-order valence-corrected chi connectivity index (χ1v) is 9.93. The van der Waals surface area contributed by atoms with E-state index in [0.717, 1.165) is 26.6 Å². The van der Waals surface area contributed by atoms with E-state index >= 15 is 0 Å². The molecule has 0 aliphatic carbocycles. The Morgan fingerprint density at radius 3 is 2.63 bits per heavy atom. The second-order valence-corrected chi connectivity index (χ2v) is 7.49. The Hall–Kier alpha value is -3.36. The molecule has 0 saturated heterocycles. The number of carbonyl (C=O) groups is 1. The predicted molar refractivity (Wildman–Crippen MR) is 118 cm³/mol. The number of carbonyl (C=O) groups excluding carboxylic acids is 1. The lowest BCUT2D eigenvalue weighted by Gasteiger charge is -2.12. The van der Waals surface area contributed by atoms with Gasteiger partial charge in [0.1, 0.15) is 12.4 Å². The minimum Gasteiger partial charge on any atom is -0.493 e. The number of aromatic nitrogens is 2. The summed E-state index contributed by atoms with van der Waals surface area (Å²) in [6.45, 7) is 0.430. The van der Waals surface area contributed by atoms with E-state index in [-0.39, 0.29) is 5.91 Å². The SMILES string of the molecule is COc1cc(-c2nc3ccc(C(=O)NN)cc3[nH]2)ccc1OCc1ccc(Br)cc1. The van der Waals surface area contributed by atoms with E-state index in [0.29, 0.717) is 29.5 Å². The fraction of sp³-hybridized carbons (Fsp3) is 0.0909. The van der Waals surface area contributed by atoms with Gasteiger partial charge in [-0.3, -0.25) is 10.2 Å². The molecular formula is C22H19BrN4O3. The molecule has 30 heavy (non-hydrogen) atoms. The average molecular weight is 467 g/mol. The number of H-pyrrole nitrogens is 1. The molecule has 0 spiro atoms. The zero-order chi connectivity index (χ0) is 21.1. The maximum Gasteiger partial charge on any atom is 0.265 e. The Morgan fingerprint density at radius 1 is 1.10 bits per heavy atom. The van der Waals surface area contributed by atoms with Gasteiger partial charge in [-0.25, -0.2) is 10.8 Å². The monoisotopic (exact) mass is 466 g/mol. The second-order valence-electron chi connectivity index (χ2n) is 6.57. The summed E-state index contributed by atoms with van der Waals surface area (Å²) >= 11 is 3.43. The van der Waals surface area contributed by atoms with E-state index < -0.39 is 0 Å². The topological polar surface area (TPSA) is 102 Å². The summed E-state index contributed by atoms with van der Waals surface area (Å²) in [7, 11) is 1.60. The number of ether oxygens (including phenoxy) is 2. The minimum absolute atomic E-state index is 0.359. The number of imidazole rings is 1. The standard InChI is InChI=1S/C22H19BrN4O3/c1-29-20-11-14(5-9-19(20)30-12-13-2-6-16(23)7-3-13)21-25-17-8-4-15(22(28)27-24)10-18(17)26-21/h2-11H,12,24H2,1H3,(H,25,26)(H,27,28). The van der Waals surface area contributed by atoms with Crippen molar-refractivity contribution in [3.05, 3.63) is 76.3 Å². The van der Waals surface area contributed by atoms with Gasteiger partial charge >= 0.3 is 0 Å². The first-order valence-electron chi connectivity index (χ1n) is 9.14. The lowest BCUT2D eigenvalue weighted by Crippen LogP contribution is -2.29. The number of fused-ring (bicyclic) bond motifs is 1. The van der Waals surface area contributed by atoms with Crippen LogP contribution in [0, 0.1) is 0 Å². The van der Waals surface area contributed by atoms with Crippen molar-refractivity contribution < 1.29 is 14.3 Å². The van der Waals surface area contributed by atoms with Crippen LogP contribution in [-0.2, 0) is 6.61 Å². The van der Waals surface area contributed by atoms with Crippen LogP contribution in [0.2, 0.25) is 0 Å². The third-order valence-corrected chi connectivity index (χ3v) is 5.15. The van der Waals surface area contributed by atoms with Crippen molar-refractivity contribution in [2.75, 3.05) is 7.11 Å². The highest BCUT2D eigenvalue weighted by atomic mass is 79.9. The van der Waals surface area contributed by atoms with Gasteiger partial charge in [-0.1, -0.05) is 28.1 Å². The van der Waals surface area contributed by atoms with Gasteiger partial charge in [0.05, 0.1) is 18.1 Å². The van der Waals surface area contributed by atoms with Crippen molar-refractivity contribution in [1.82, 2.24) is 15.4 Å². The number of nitrogens with one attached hydrogen (secondary N) is 2. The highest BCUT2D eigenvalue weighted by Crippen LogP contribution is 2.33. The molecule has 8 heteroatoms. The van der Waals surface area contributed by atoms with Crippen LogP contribution in [0.25, 0.3) is 22.4 Å². The van der Waals surface area contributed by atoms with Crippen molar-refractivity contribution in [1.29, 1.82) is 0 Å². The normalized spacial score (nSPS) is 10.8. The van der Waals surface area contributed by atoms with Gasteiger partial charge in [0.2, 0.25) is 0 Å². The van der Waals surface area contributed by atoms with Crippen LogP contribution in [0.4, 0.5) is 0 Å². The summed E-state index contributed by atoms with van der Waals surface area (Å²) in [6, 6.07) is 18.7. The van der Waals surface area contributed by atoms with E-state index in [1.165, 1.54) is 0 Å². The Kier molecular flexibility index (Phi) is 5.69. The molecular weight excluding hydrogens is 448 g/mol. The maximum absolute atomic E-state index is 11.7. The molecule has 0 bridgehead atoms. The Labute approximate surface area is 181 Å². The van der Waals surface area contributed by atoms with E-state index in [4.69, 9.17) is 15.3 Å². The number of nitrogen functional groups attached to an aromatic ring is 1. The highest BCUT2D eigenvalue weighted by Gasteiger charge is 2.12. The number of hydrogen-bond donors (Lipinski definition) is 3. The van der Waals surface area contributed by atoms with Crippen LogP contribution in [-0.4, -0.2) is 23.0 Å². The Bertz CT molecular complexity index is 1200. The van der Waals surface area contributed by atoms with Crippen molar-refractivity contribution in [2.24, 2.45) is 5.84 Å². The van der Waals surface area contributed by atoms with Crippen molar-refractivity contribution in [3.8, 4) is 22.9 Å². The molecule has 0 unspecified atom stereocenters. The molecule has 0 aliphatic heterocycles. The molecule has 1 amide bonds. The Morgan fingerprint density at radius 2 is 1.90 bits per heavy atom. The van der Waals surface area contributed by atoms with Crippen molar-refractivity contribution >= 4 is 32.9 Å². The second kappa shape index (κ2) is 8.56. The number of hydrazine groups is 1. The smallest absolute Gasteiger partial charge is 0.265 e. The number of amides is 1. The van der Waals surface area contributed by atoms with Crippen LogP contribution in [0.1, 0.15) is 15.9 Å². The maximum atomic E-state index is 11.7. The van der Waals surface area contributed by atoms with Gasteiger partial charge in [0, 0.05) is 15.6 Å². The molecule has 3 aromatic carbocycles. The zero-order valence-corrected chi connectivity index (χ0v) is 17.7. The molecule has 0 aliphatic rings. The number of rotatable bonds is 6.